The number of carbonyl (C=O) groups is 1. The number of carbonyl (C=O) groups excluding carboxylic acids is 1. The minimum atomic E-state index is -1.34. The van der Waals surface area contributed by atoms with E-state index in [-0.39, 0.29) is 12.5 Å². The SMILES string of the molecule is Cc1cc(C)cc(OC[C@@]2(O)CN(Cc3cccc(OCCCN4CCCC4=O)c3)CC[C@@H]2O)c1. The van der Waals surface area contributed by atoms with Crippen LogP contribution in [0.15, 0.2) is 42.5 Å². The van der Waals surface area contributed by atoms with E-state index in [2.05, 4.69) is 11.0 Å². The average molecular weight is 483 g/mol. The van der Waals surface area contributed by atoms with E-state index in [1.807, 2.05) is 55.1 Å². The molecule has 2 fully saturated rings. The lowest BCUT2D eigenvalue weighted by molar-refractivity contribution is -0.140. The van der Waals surface area contributed by atoms with Crippen LogP contribution in [-0.4, -0.2) is 77.0 Å². The van der Waals surface area contributed by atoms with Gasteiger partial charge in [-0.15, -0.1) is 0 Å². The number of rotatable bonds is 10. The fourth-order valence-electron chi connectivity index (χ4n) is 5.02. The van der Waals surface area contributed by atoms with Crippen molar-refractivity contribution in [2.24, 2.45) is 0 Å². The molecule has 35 heavy (non-hydrogen) atoms. The van der Waals surface area contributed by atoms with E-state index in [9.17, 15) is 15.0 Å². The van der Waals surface area contributed by atoms with Crippen LogP contribution >= 0.6 is 0 Å². The summed E-state index contributed by atoms with van der Waals surface area (Å²) in [6.07, 6.45) is 2.10. The lowest BCUT2D eigenvalue weighted by atomic mass is 9.90. The quantitative estimate of drug-likeness (QED) is 0.507. The van der Waals surface area contributed by atoms with Crippen molar-refractivity contribution >= 4 is 5.91 Å². The van der Waals surface area contributed by atoms with E-state index in [1.165, 1.54) is 0 Å². The van der Waals surface area contributed by atoms with Crippen LogP contribution in [0.4, 0.5) is 0 Å². The minimum absolute atomic E-state index is 0.0379. The highest BCUT2D eigenvalue weighted by molar-refractivity contribution is 5.77. The van der Waals surface area contributed by atoms with Crippen molar-refractivity contribution in [1.82, 2.24) is 9.80 Å². The minimum Gasteiger partial charge on any atom is -0.494 e. The van der Waals surface area contributed by atoms with Gasteiger partial charge in [-0.1, -0.05) is 18.2 Å². The zero-order valence-corrected chi connectivity index (χ0v) is 20.9. The van der Waals surface area contributed by atoms with Crippen LogP contribution in [0.1, 0.15) is 42.4 Å². The van der Waals surface area contributed by atoms with E-state index in [4.69, 9.17) is 9.47 Å². The van der Waals surface area contributed by atoms with Crippen molar-refractivity contribution in [3.8, 4) is 11.5 Å². The molecule has 2 aliphatic heterocycles. The lowest BCUT2D eigenvalue weighted by Crippen LogP contribution is -2.59. The highest BCUT2D eigenvalue weighted by Gasteiger charge is 2.42. The Bertz CT molecular complexity index is 992. The first-order valence-electron chi connectivity index (χ1n) is 12.6. The smallest absolute Gasteiger partial charge is 0.222 e. The molecule has 7 heteroatoms. The summed E-state index contributed by atoms with van der Waals surface area (Å²) >= 11 is 0. The van der Waals surface area contributed by atoms with E-state index in [0.29, 0.717) is 44.8 Å². The molecule has 2 atom stereocenters. The Morgan fingerprint density at radius 1 is 1.06 bits per heavy atom. The Morgan fingerprint density at radius 2 is 1.86 bits per heavy atom. The number of likely N-dealkylation sites (tertiary alicyclic amines) is 2. The lowest BCUT2D eigenvalue weighted by Gasteiger charge is -2.42. The summed E-state index contributed by atoms with van der Waals surface area (Å²) in [5.41, 5.74) is 1.96. The molecule has 0 bridgehead atoms. The molecule has 2 aromatic rings. The Hall–Kier alpha value is -2.61. The number of piperidine rings is 1. The van der Waals surface area contributed by atoms with Gasteiger partial charge in [0.05, 0.1) is 12.7 Å². The number of nitrogens with zero attached hydrogens (tertiary/aromatic N) is 2. The second-order valence-electron chi connectivity index (χ2n) is 10.1. The fourth-order valence-corrected chi connectivity index (χ4v) is 5.02. The molecule has 0 unspecified atom stereocenters. The predicted molar refractivity (Wildman–Crippen MR) is 135 cm³/mol. The molecule has 0 saturated carbocycles. The summed E-state index contributed by atoms with van der Waals surface area (Å²) in [6, 6.07) is 13.9. The Labute approximate surface area is 208 Å². The third-order valence-electron chi connectivity index (χ3n) is 6.84. The second kappa shape index (κ2) is 11.4. The fraction of sp³-hybridized carbons (Fsp3) is 0.536. The number of aliphatic hydroxyl groups excluding tert-OH is 1. The molecule has 2 heterocycles. The number of β-amino-alcohol motifs (C(OH)–C–C–N with tert-alkyl or cyclic N) is 1. The molecule has 7 nitrogen and oxygen atoms in total. The zero-order valence-electron chi connectivity index (χ0n) is 20.9. The van der Waals surface area contributed by atoms with Gasteiger partial charge >= 0.3 is 0 Å². The van der Waals surface area contributed by atoms with Crippen molar-refractivity contribution < 1.29 is 24.5 Å². The van der Waals surface area contributed by atoms with Crippen LogP contribution in [0.25, 0.3) is 0 Å². The Morgan fingerprint density at radius 3 is 2.60 bits per heavy atom. The van der Waals surface area contributed by atoms with Gasteiger partial charge in [-0.3, -0.25) is 9.69 Å². The highest BCUT2D eigenvalue weighted by Crippen LogP contribution is 2.26. The maximum atomic E-state index is 11.7. The number of ether oxygens (including phenoxy) is 2. The van der Waals surface area contributed by atoms with Gasteiger partial charge in [-0.25, -0.2) is 0 Å². The summed E-state index contributed by atoms with van der Waals surface area (Å²) < 4.78 is 11.8. The van der Waals surface area contributed by atoms with Crippen molar-refractivity contribution in [2.75, 3.05) is 39.4 Å². The second-order valence-corrected chi connectivity index (χ2v) is 10.1. The molecular weight excluding hydrogens is 444 g/mol. The molecule has 0 aliphatic carbocycles. The number of benzene rings is 2. The molecule has 2 N–H and O–H groups in total. The Kier molecular flexibility index (Phi) is 8.31. The standard InChI is InChI=1S/C28H38N2O5/c1-21-14-22(2)16-25(15-21)35-20-28(33)19-29(12-9-26(28)31)18-23-6-3-7-24(17-23)34-13-5-11-30-10-4-8-27(30)32/h3,6-7,14-17,26,31,33H,4-5,8-13,18-20H2,1-2H3/t26-,28-/m0/s1. The van der Waals surface area contributed by atoms with Crippen molar-refractivity contribution in [3.05, 3.63) is 59.2 Å². The predicted octanol–water partition coefficient (Wildman–Crippen LogP) is 3.07. The summed E-state index contributed by atoms with van der Waals surface area (Å²) in [5, 5.41) is 21.8. The molecule has 1 amide bonds. The molecule has 0 spiro atoms. The maximum absolute atomic E-state index is 11.7. The van der Waals surface area contributed by atoms with Gasteiger partial charge in [0.25, 0.3) is 0 Å². The molecule has 4 rings (SSSR count). The monoisotopic (exact) mass is 482 g/mol. The topological polar surface area (TPSA) is 82.5 Å². The number of amides is 1. The summed E-state index contributed by atoms with van der Waals surface area (Å²) in [5.74, 6) is 1.76. The van der Waals surface area contributed by atoms with E-state index in [0.717, 1.165) is 48.4 Å². The Balaban J connectivity index is 1.28. The van der Waals surface area contributed by atoms with Crippen molar-refractivity contribution in [2.45, 2.75) is 57.8 Å². The summed E-state index contributed by atoms with van der Waals surface area (Å²) in [6.45, 7) is 7.91. The number of hydrogen-bond donors (Lipinski definition) is 2. The number of aliphatic hydroxyl groups is 2. The summed E-state index contributed by atoms with van der Waals surface area (Å²) in [7, 11) is 0. The van der Waals surface area contributed by atoms with Gasteiger partial charge in [0.2, 0.25) is 5.91 Å². The van der Waals surface area contributed by atoms with Crippen molar-refractivity contribution in [1.29, 1.82) is 0 Å². The molecule has 2 saturated heterocycles. The average Bonchev–Trinajstić information content (AvgIpc) is 3.22. The molecule has 0 radical (unpaired) electrons. The molecule has 2 aromatic carbocycles. The van der Waals surface area contributed by atoms with Crippen molar-refractivity contribution in [3.63, 3.8) is 0 Å². The molecule has 190 valence electrons. The van der Waals surface area contributed by atoms with Crippen LogP contribution in [0.3, 0.4) is 0 Å². The first-order chi connectivity index (χ1) is 16.8. The molecule has 2 aliphatic rings. The molecular formula is C28H38N2O5. The zero-order chi connectivity index (χ0) is 24.8. The highest BCUT2D eigenvalue weighted by atomic mass is 16.5. The summed E-state index contributed by atoms with van der Waals surface area (Å²) in [4.78, 5) is 15.8. The van der Waals surface area contributed by atoms with Gasteiger partial charge in [0, 0.05) is 39.1 Å². The van der Waals surface area contributed by atoms with Gasteiger partial charge in [0.15, 0.2) is 0 Å². The number of aryl methyl sites for hydroxylation is 2. The van der Waals surface area contributed by atoms with Crippen LogP contribution in [0, 0.1) is 13.8 Å². The van der Waals surface area contributed by atoms with E-state index >= 15 is 0 Å². The normalized spacial score (nSPS) is 23.0. The van der Waals surface area contributed by atoms with Gasteiger partial charge < -0.3 is 24.6 Å². The number of hydrogen-bond acceptors (Lipinski definition) is 6. The third-order valence-corrected chi connectivity index (χ3v) is 6.84. The van der Waals surface area contributed by atoms with E-state index in [1.54, 1.807) is 0 Å². The molecule has 0 aromatic heterocycles. The van der Waals surface area contributed by atoms with Crippen LogP contribution in [0.2, 0.25) is 0 Å². The van der Waals surface area contributed by atoms with Crippen LogP contribution in [0.5, 0.6) is 11.5 Å². The first kappa shape index (κ1) is 25.5. The van der Waals surface area contributed by atoms with E-state index < -0.39 is 11.7 Å². The largest absolute Gasteiger partial charge is 0.494 e. The van der Waals surface area contributed by atoms with Gasteiger partial charge in [0.1, 0.15) is 23.7 Å². The van der Waals surface area contributed by atoms with Gasteiger partial charge in [-0.2, -0.15) is 0 Å². The van der Waals surface area contributed by atoms with Crippen LogP contribution < -0.4 is 9.47 Å². The third kappa shape index (κ3) is 6.97. The van der Waals surface area contributed by atoms with Crippen LogP contribution in [-0.2, 0) is 11.3 Å². The van der Waals surface area contributed by atoms with Gasteiger partial charge in [-0.05, 0) is 74.1 Å². The first-order valence-corrected chi connectivity index (χ1v) is 12.6. The maximum Gasteiger partial charge on any atom is 0.222 e.